The second-order valence-corrected chi connectivity index (χ2v) is 3.77. The molecule has 0 radical (unpaired) electrons. The lowest BCUT2D eigenvalue weighted by atomic mass is 10.1. The fourth-order valence-corrected chi connectivity index (χ4v) is 1.80. The molecule has 90 valence electrons. The van der Waals surface area contributed by atoms with Crippen molar-refractivity contribution in [1.82, 2.24) is 4.98 Å². The number of ether oxygens (including phenoxy) is 1. The van der Waals surface area contributed by atoms with Gasteiger partial charge in [-0.2, -0.15) is 5.26 Å². The Kier molecular flexibility index (Phi) is 3.00. The zero-order valence-electron chi connectivity index (χ0n) is 9.18. The summed E-state index contributed by atoms with van der Waals surface area (Å²) in [4.78, 5) is 14.3. The van der Waals surface area contributed by atoms with Gasteiger partial charge in [-0.1, -0.05) is 11.6 Å². The molecule has 1 aromatic carbocycles. The summed E-state index contributed by atoms with van der Waals surface area (Å²) in [5.41, 5.74) is 0.383. The Morgan fingerprint density at radius 2 is 2.28 bits per heavy atom. The molecule has 1 aromatic heterocycles. The molecule has 0 spiro atoms. The second kappa shape index (κ2) is 4.47. The van der Waals surface area contributed by atoms with Crippen LogP contribution in [-0.4, -0.2) is 17.0 Å². The first-order valence-corrected chi connectivity index (χ1v) is 5.17. The second-order valence-electron chi connectivity index (χ2n) is 3.40. The highest BCUT2D eigenvalue weighted by Crippen LogP contribution is 2.35. The van der Waals surface area contributed by atoms with Crippen molar-refractivity contribution in [2.45, 2.75) is 0 Å². The Morgan fingerprint density at radius 3 is 2.83 bits per heavy atom. The molecule has 0 aliphatic carbocycles. The summed E-state index contributed by atoms with van der Waals surface area (Å²) in [5, 5.41) is 20.2. The number of nitrogens with zero attached hydrogens (tertiary/aromatic N) is 3. The van der Waals surface area contributed by atoms with E-state index in [1.807, 2.05) is 6.07 Å². The Morgan fingerprint density at radius 1 is 1.56 bits per heavy atom. The number of nitro groups is 1. The van der Waals surface area contributed by atoms with Crippen molar-refractivity contribution < 1.29 is 9.66 Å². The highest BCUT2D eigenvalue weighted by Gasteiger charge is 2.18. The molecule has 0 amide bonds. The third kappa shape index (κ3) is 1.81. The number of halogens is 1. The van der Waals surface area contributed by atoms with Crippen LogP contribution in [0.1, 0.15) is 5.56 Å². The minimum Gasteiger partial charge on any atom is -0.490 e. The molecular weight excluding hydrogens is 258 g/mol. The predicted molar refractivity (Wildman–Crippen MR) is 64.7 cm³/mol. The minimum absolute atomic E-state index is 0.0979. The molecule has 0 saturated carbocycles. The third-order valence-corrected chi connectivity index (χ3v) is 2.83. The summed E-state index contributed by atoms with van der Waals surface area (Å²) < 4.78 is 4.92. The number of pyridine rings is 1. The fourth-order valence-electron chi connectivity index (χ4n) is 1.56. The first kappa shape index (κ1) is 12.1. The van der Waals surface area contributed by atoms with E-state index in [2.05, 4.69) is 4.98 Å². The first-order chi connectivity index (χ1) is 8.58. The van der Waals surface area contributed by atoms with Gasteiger partial charge in [0.2, 0.25) is 0 Å². The molecule has 0 aliphatic rings. The summed E-state index contributed by atoms with van der Waals surface area (Å²) in [6, 6.07) is 4.54. The molecule has 0 N–H and O–H groups in total. The number of fused-ring (bicyclic) bond motifs is 1. The van der Waals surface area contributed by atoms with E-state index >= 15 is 0 Å². The first-order valence-electron chi connectivity index (χ1n) is 4.79. The van der Waals surface area contributed by atoms with Crippen LogP contribution in [0.4, 0.5) is 5.69 Å². The maximum Gasteiger partial charge on any atom is 0.311 e. The van der Waals surface area contributed by atoms with Gasteiger partial charge in [0.1, 0.15) is 6.07 Å². The van der Waals surface area contributed by atoms with Gasteiger partial charge in [0.15, 0.2) is 5.75 Å². The highest BCUT2D eigenvalue weighted by atomic mass is 35.5. The standard InChI is InChI=1S/C11H6ClN3O3/c1-18-10-3-8-7(2-9(10)15(16)17)11(12)6(4-13)5-14-8/h2-3,5H,1H3. The molecule has 0 atom stereocenters. The van der Waals surface area contributed by atoms with Crippen LogP contribution >= 0.6 is 11.6 Å². The van der Waals surface area contributed by atoms with E-state index in [0.29, 0.717) is 10.9 Å². The van der Waals surface area contributed by atoms with Gasteiger partial charge in [-0.05, 0) is 0 Å². The van der Waals surface area contributed by atoms with E-state index in [-0.39, 0.29) is 22.0 Å². The average molecular weight is 264 g/mol. The number of rotatable bonds is 2. The number of aromatic nitrogens is 1. The van der Waals surface area contributed by atoms with E-state index < -0.39 is 4.92 Å². The van der Waals surface area contributed by atoms with Crippen LogP contribution in [0.25, 0.3) is 10.9 Å². The normalized spacial score (nSPS) is 10.1. The maximum atomic E-state index is 10.9. The van der Waals surface area contributed by atoms with Crippen LogP contribution in [0, 0.1) is 21.4 Å². The van der Waals surface area contributed by atoms with Gasteiger partial charge in [-0.15, -0.1) is 0 Å². The molecule has 2 rings (SSSR count). The molecule has 0 fully saturated rings. The van der Waals surface area contributed by atoms with Crippen LogP contribution in [0.3, 0.4) is 0 Å². The van der Waals surface area contributed by atoms with Crippen molar-refractivity contribution >= 4 is 28.2 Å². The van der Waals surface area contributed by atoms with Crippen molar-refractivity contribution in [3.05, 3.63) is 39.0 Å². The maximum absolute atomic E-state index is 10.9. The van der Waals surface area contributed by atoms with Crippen LogP contribution in [0.15, 0.2) is 18.3 Å². The Hall–Kier alpha value is -2.39. The third-order valence-electron chi connectivity index (χ3n) is 2.42. The molecule has 0 bridgehead atoms. The number of benzene rings is 1. The minimum atomic E-state index is -0.576. The van der Waals surface area contributed by atoms with Gasteiger partial charge in [0.05, 0.1) is 28.1 Å². The van der Waals surface area contributed by atoms with Crippen LogP contribution in [0.2, 0.25) is 5.02 Å². The molecule has 6 nitrogen and oxygen atoms in total. The lowest BCUT2D eigenvalue weighted by molar-refractivity contribution is -0.385. The number of hydrogen-bond donors (Lipinski definition) is 0. The summed E-state index contributed by atoms with van der Waals surface area (Å²) >= 11 is 5.99. The summed E-state index contributed by atoms with van der Waals surface area (Å²) in [6.45, 7) is 0. The van der Waals surface area contributed by atoms with Gasteiger partial charge in [0, 0.05) is 23.7 Å². The monoisotopic (exact) mass is 263 g/mol. The summed E-state index contributed by atoms with van der Waals surface area (Å²) in [5.74, 6) is 0.0979. The number of methoxy groups -OCH3 is 1. The topological polar surface area (TPSA) is 89.0 Å². The number of nitro benzene ring substituents is 1. The molecule has 18 heavy (non-hydrogen) atoms. The Balaban J connectivity index is 2.85. The van der Waals surface area contributed by atoms with E-state index in [0.717, 1.165) is 0 Å². The van der Waals surface area contributed by atoms with Crippen molar-refractivity contribution in [2.24, 2.45) is 0 Å². The largest absolute Gasteiger partial charge is 0.490 e. The molecule has 0 aliphatic heterocycles. The number of hydrogen-bond acceptors (Lipinski definition) is 5. The molecule has 0 saturated heterocycles. The Bertz CT molecular complexity index is 694. The van der Waals surface area contributed by atoms with Crippen LogP contribution < -0.4 is 4.74 Å². The van der Waals surface area contributed by atoms with Gasteiger partial charge >= 0.3 is 5.69 Å². The highest BCUT2D eigenvalue weighted by molar-refractivity contribution is 6.36. The van der Waals surface area contributed by atoms with Gasteiger partial charge in [-0.25, -0.2) is 0 Å². The summed E-state index contributed by atoms with van der Waals surface area (Å²) in [6.07, 6.45) is 1.32. The lowest BCUT2D eigenvalue weighted by Gasteiger charge is -2.05. The van der Waals surface area contributed by atoms with Crippen molar-refractivity contribution in [2.75, 3.05) is 7.11 Å². The fraction of sp³-hybridized carbons (Fsp3) is 0.0909. The molecule has 2 aromatic rings. The SMILES string of the molecule is COc1cc2ncc(C#N)c(Cl)c2cc1[N+](=O)[O-]. The Labute approximate surface area is 107 Å². The average Bonchev–Trinajstić information content (AvgIpc) is 2.37. The van der Waals surface area contributed by atoms with E-state index in [1.165, 1.54) is 25.4 Å². The lowest BCUT2D eigenvalue weighted by Crippen LogP contribution is -1.95. The summed E-state index contributed by atoms with van der Waals surface area (Å²) in [7, 11) is 1.33. The van der Waals surface area contributed by atoms with Crippen molar-refractivity contribution in [1.29, 1.82) is 5.26 Å². The van der Waals surface area contributed by atoms with Crippen molar-refractivity contribution in [3.8, 4) is 11.8 Å². The molecular formula is C11H6ClN3O3. The van der Waals surface area contributed by atoms with Crippen LogP contribution in [-0.2, 0) is 0 Å². The molecule has 0 unspecified atom stereocenters. The zero-order chi connectivity index (χ0) is 13.3. The zero-order valence-corrected chi connectivity index (χ0v) is 9.93. The van der Waals surface area contributed by atoms with Crippen LogP contribution in [0.5, 0.6) is 5.75 Å². The van der Waals surface area contributed by atoms with Gasteiger partial charge < -0.3 is 4.74 Å². The van der Waals surface area contributed by atoms with Gasteiger partial charge in [0.25, 0.3) is 0 Å². The predicted octanol–water partition coefficient (Wildman–Crippen LogP) is 2.68. The molecule has 7 heteroatoms. The van der Waals surface area contributed by atoms with E-state index in [4.69, 9.17) is 21.6 Å². The number of nitriles is 1. The smallest absolute Gasteiger partial charge is 0.311 e. The van der Waals surface area contributed by atoms with E-state index in [9.17, 15) is 10.1 Å². The van der Waals surface area contributed by atoms with Crippen molar-refractivity contribution in [3.63, 3.8) is 0 Å². The van der Waals surface area contributed by atoms with E-state index in [1.54, 1.807) is 0 Å². The molecule has 1 heterocycles. The van der Waals surface area contributed by atoms with Gasteiger partial charge in [-0.3, -0.25) is 15.1 Å². The quantitative estimate of drug-likeness (QED) is 0.614.